The maximum atomic E-state index is 6.19. The van der Waals surface area contributed by atoms with Gasteiger partial charge in [-0.25, -0.2) is 9.67 Å². The van der Waals surface area contributed by atoms with Crippen LogP contribution in [0.5, 0.6) is 11.8 Å². The molecule has 0 aliphatic carbocycles. The zero-order valence-electron chi connectivity index (χ0n) is 13.1. The van der Waals surface area contributed by atoms with E-state index in [1.165, 1.54) is 0 Å². The van der Waals surface area contributed by atoms with E-state index in [9.17, 15) is 0 Å². The van der Waals surface area contributed by atoms with Crippen molar-refractivity contribution < 1.29 is 4.74 Å². The van der Waals surface area contributed by atoms with Crippen LogP contribution in [0.15, 0.2) is 18.2 Å². The smallest absolute Gasteiger partial charge is 0.221 e. The number of pyridine rings is 1. The quantitative estimate of drug-likeness (QED) is 0.940. The van der Waals surface area contributed by atoms with Crippen LogP contribution < -0.4 is 10.1 Å². The van der Waals surface area contributed by atoms with Crippen molar-refractivity contribution in [1.82, 2.24) is 20.1 Å². The fourth-order valence-corrected chi connectivity index (χ4v) is 1.96. The molecule has 2 aromatic rings. The van der Waals surface area contributed by atoms with Crippen LogP contribution in [0.1, 0.15) is 32.2 Å². The van der Waals surface area contributed by atoms with Crippen LogP contribution in [0.25, 0.3) is 0 Å². The molecule has 0 aliphatic heterocycles. The molecule has 0 fully saturated rings. The minimum absolute atomic E-state index is 0.00101. The summed E-state index contributed by atoms with van der Waals surface area (Å²) in [5, 5.41) is 8.23. The zero-order chi connectivity index (χ0) is 15.6. The third kappa shape index (κ3) is 4.44. The second-order valence-corrected chi connectivity index (χ2v) is 6.44. The Morgan fingerprint density at radius 3 is 2.62 bits per heavy atom. The molecular formula is C15H21ClN4O. The van der Waals surface area contributed by atoms with Gasteiger partial charge in [-0.1, -0.05) is 11.6 Å². The first-order valence-corrected chi connectivity index (χ1v) is 7.21. The monoisotopic (exact) mass is 308 g/mol. The number of rotatable bonds is 4. The Hall–Kier alpha value is -1.59. The molecule has 0 bridgehead atoms. The fourth-order valence-electron chi connectivity index (χ4n) is 1.78. The Morgan fingerprint density at radius 1 is 1.33 bits per heavy atom. The minimum Gasteiger partial charge on any atom is -0.421 e. The Morgan fingerprint density at radius 2 is 2.05 bits per heavy atom. The third-order valence-corrected chi connectivity index (χ3v) is 3.19. The van der Waals surface area contributed by atoms with Crippen LogP contribution in [-0.4, -0.2) is 20.3 Å². The predicted molar refractivity (Wildman–Crippen MR) is 83.9 cm³/mol. The largest absolute Gasteiger partial charge is 0.421 e. The van der Waals surface area contributed by atoms with E-state index in [0.29, 0.717) is 23.3 Å². The highest BCUT2D eigenvalue weighted by Crippen LogP contribution is 2.23. The maximum absolute atomic E-state index is 6.19. The molecule has 114 valence electrons. The van der Waals surface area contributed by atoms with Gasteiger partial charge in [0.25, 0.3) is 0 Å². The fraction of sp³-hybridized carbons (Fsp3) is 0.467. The highest BCUT2D eigenvalue weighted by atomic mass is 35.5. The molecular weight excluding hydrogens is 288 g/mol. The van der Waals surface area contributed by atoms with E-state index in [0.717, 1.165) is 11.4 Å². The van der Waals surface area contributed by atoms with Gasteiger partial charge in [-0.15, -0.1) is 0 Å². The number of halogens is 1. The van der Waals surface area contributed by atoms with E-state index in [2.05, 4.69) is 36.2 Å². The molecule has 0 aromatic carbocycles. The molecule has 2 rings (SSSR count). The predicted octanol–water partition coefficient (Wildman–Crippen LogP) is 3.46. The van der Waals surface area contributed by atoms with Crippen LogP contribution in [0, 0.1) is 6.92 Å². The summed E-state index contributed by atoms with van der Waals surface area (Å²) in [6.07, 6.45) is 0. The van der Waals surface area contributed by atoms with Crippen LogP contribution >= 0.6 is 11.6 Å². The summed E-state index contributed by atoms with van der Waals surface area (Å²) in [7, 11) is 1.83. The molecule has 0 radical (unpaired) electrons. The molecule has 5 nitrogen and oxygen atoms in total. The summed E-state index contributed by atoms with van der Waals surface area (Å²) in [6, 6.07) is 5.42. The molecule has 1 N–H and O–H groups in total. The lowest BCUT2D eigenvalue weighted by molar-refractivity contribution is 0.403. The lowest BCUT2D eigenvalue weighted by Gasteiger charge is -2.20. The summed E-state index contributed by atoms with van der Waals surface area (Å²) in [5.74, 6) is 1.16. The molecule has 0 spiro atoms. The van der Waals surface area contributed by atoms with Gasteiger partial charge in [0.1, 0.15) is 0 Å². The van der Waals surface area contributed by atoms with Crippen molar-refractivity contribution in [1.29, 1.82) is 0 Å². The molecule has 6 heteroatoms. The molecule has 0 amide bonds. The van der Waals surface area contributed by atoms with Gasteiger partial charge in [-0.3, -0.25) is 0 Å². The van der Waals surface area contributed by atoms with Crippen molar-refractivity contribution in [2.45, 2.75) is 39.8 Å². The highest BCUT2D eigenvalue weighted by Gasteiger charge is 2.12. The molecule has 2 aromatic heterocycles. The minimum atomic E-state index is 0.00101. The second-order valence-electron chi connectivity index (χ2n) is 6.03. The molecule has 0 aliphatic rings. The van der Waals surface area contributed by atoms with Crippen molar-refractivity contribution in [2.24, 2.45) is 7.05 Å². The first-order chi connectivity index (χ1) is 9.74. The summed E-state index contributed by atoms with van der Waals surface area (Å²) < 4.78 is 7.44. The molecule has 21 heavy (non-hydrogen) atoms. The van der Waals surface area contributed by atoms with Crippen LogP contribution in [0.4, 0.5) is 0 Å². The Labute approximate surface area is 130 Å². The number of hydrogen-bond acceptors (Lipinski definition) is 4. The summed E-state index contributed by atoms with van der Waals surface area (Å²) in [4.78, 5) is 4.46. The first kappa shape index (κ1) is 15.8. The lowest BCUT2D eigenvalue weighted by Crippen LogP contribution is -2.35. The Balaban J connectivity index is 2.16. The molecule has 0 unspecified atom stereocenters. The normalized spacial score (nSPS) is 11.7. The van der Waals surface area contributed by atoms with Gasteiger partial charge in [-0.2, -0.15) is 5.10 Å². The van der Waals surface area contributed by atoms with Gasteiger partial charge < -0.3 is 10.1 Å². The molecule has 2 heterocycles. The molecule has 0 atom stereocenters. The van der Waals surface area contributed by atoms with Gasteiger partial charge in [0.05, 0.1) is 16.4 Å². The Kier molecular flexibility index (Phi) is 4.54. The van der Waals surface area contributed by atoms with Crippen molar-refractivity contribution in [3.05, 3.63) is 34.6 Å². The zero-order valence-corrected chi connectivity index (χ0v) is 13.8. The number of nitrogens with zero attached hydrogens (tertiary/aromatic N) is 3. The number of hydrogen-bond donors (Lipinski definition) is 1. The number of nitrogens with one attached hydrogen (secondary N) is 1. The summed E-state index contributed by atoms with van der Waals surface area (Å²) in [6.45, 7) is 8.80. The van der Waals surface area contributed by atoms with Crippen molar-refractivity contribution >= 4 is 11.6 Å². The van der Waals surface area contributed by atoms with Crippen LogP contribution in [0.3, 0.4) is 0 Å². The molecule has 0 saturated heterocycles. The van der Waals surface area contributed by atoms with Gasteiger partial charge >= 0.3 is 0 Å². The lowest BCUT2D eigenvalue weighted by atomic mass is 10.1. The van der Waals surface area contributed by atoms with Gasteiger partial charge in [0, 0.05) is 31.3 Å². The number of aryl methyl sites for hydroxylation is 2. The standard InChI is InChI=1S/C15H21ClN4O/c1-10-8-14(20(5)19-10)21-13-7-6-11(16)12(18-13)9-17-15(2,3)4/h6-8,17H,9H2,1-5H3. The molecule has 0 saturated carbocycles. The average molecular weight is 309 g/mol. The van der Waals surface area contributed by atoms with Crippen molar-refractivity contribution in [2.75, 3.05) is 0 Å². The number of ether oxygens (including phenoxy) is 1. The van der Waals surface area contributed by atoms with E-state index >= 15 is 0 Å². The summed E-state index contributed by atoms with van der Waals surface area (Å²) in [5.41, 5.74) is 1.67. The Bertz CT molecular complexity index is 631. The van der Waals surface area contributed by atoms with E-state index in [1.54, 1.807) is 16.8 Å². The van der Waals surface area contributed by atoms with E-state index in [-0.39, 0.29) is 5.54 Å². The van der Waals surface area contributed by atoms with E-state index in [1.807, 2.05) is 20.0 Å². The van der Waals surface area contributed by atoms with Gasteiger partial charge in [0.15, 0.2) is 0 Å². The van der Waals surface area contributed by atoms with Crippen LogP contribution in [-0.2, 0) is 13.6 Å². The average Bonchev–Trinajstić information content (AvgIpc) is 2.67. The van der Waals surface area contributed by atoms with E-state index in [4.69, 9.17) is 16.3 Å². The maximum Gasteiger partial charge on any atom is 0.221 e. The van der Waals surface area contributed by atoms with Gasteiger partial charge in [-0.05, 0) is 33.8 Å². The van der Waals surface area contributed by atoms with Crippen LogP contribution in [0.2, 0.25) is 5.02 Å². The summed E-state index contributed by atoms with van der Waals surface area (Å²) >= 11 is 6.19. The second kappa shape index (κ2) is 6.03. The topological polar surface area (TPSA) is 52.0 Å². The highest BCUT2D eigenvalue weighted by molar-refractivity contribution is 6.31. The van der Waals surface area contributed by atoms with E-state index < -0.39 is 0 Å². The SMILES string of the molecule is Cc1cc(Oc2ccc(Cl)c(CNC(C)(C)C)n2)n(C)n1. The third-order valence-electron chi connectivity index (χ3n) is 2.85. The number of aromatic nitrogens is 3. The van der Waals surface area contributed by atoms with Gasteiger partial charge in [0.2, 0.25) is 11.8 Å². The van der Waals surface area contributed by atoms with Crippen molar-refractivity contribution in [3.63, 3.8) is 0 Å². The van der Waals surface area contributed by atoms with Crippen molar-refractivity contribution in [3.8, 4) is 11.8 Å². The first-order valence-electron chi connectivity index (χ1n) is 6.83.